The van der Waals surface area contributed by atoms with E-state index < -0.39 is 12.3 Å². The van der Waals surface area contributed by atoms with Gasteiger partial charge in [0.05, 0.1) is 0 Å². The smallest absolute Gasteiger partial charge is 0.131 e. The van der Waals surface area contributed by atoms with E-state index in [-0.39, 0.29) is 0 Å². The summed E-state index contributed by atoms with van der Waals surface area (Å²) in [6, 6.07) is 0. The Labute approximate surface area is 61.6 Å². The van der Waals surface area contributed by atoms with Crippen molar-refractivity contribution in [2.75, 3.05) is 0 Å². The maximum absolute atomic E-state index is 12.2. The lowest BCUT2D eigenvalue weighted by Crippen LogP contribution is -2.21. The van der Waals surface area contributed by atoms with Crippen LogP contribution in [0, 0.1) is 0 Å². The lowest BCUT2D eigenvalue weighted by molar-refractivity contribution is 0.120. The minimum absolute atomic E-state index is 0.432. The molecule has 2 heteroatoms. The van der Waals surface area contributed by atoms with Gasteiger partial charge in [-0.1, -0.05) is 26.7 Å². The average molecular weight is 150 g/mol. The molecular formula is C8H16F2. The van der Waals surface area contributed by atoms with Gasteiger partial charge in [-0.05, 0) is 12.8 Å². The van der Waals surface area contributed by atoms with E-state index >= 15 is 0 Å². The summed E-state index contributed by atoms with van der Waals surface area (Å²) in [4.78, 5) is 0. The summed E-state index contributed by atoms with van der Waals surface area (Å²) in [5.41, 5.74) is 0. The fraction of sp³-hybridized carbons (Fsp3) is 1.00. The number of hydrogen-bond donors (Lipinski definition) is 0. The second-order valence-corrected chi connectivity index (χ2v) is 2.32. The van der Waals surface area contributed by atoms with Crippen molar-refractivity contribution in [3.8, 4) is 0 Å². The number of rotatable bonds is 0. The van der Waals surface area contributed by atoms with E-state index in [0.717, 1.165) is 12.8 Å². The predicted molar refractivity (Wildman–Crippen MR) is 39.6 cm³/mol. The maximum atomic E-state index is 12.2. The van der Waals surface area contributed by atoms with Gasteiger partial charge >= 0.3 is 0 Å². The normalized spacial score (nSPS) is 32.4. The van der Waals surface area contributed by atoms with Crippen molar-refractivity contribution in [1.29, 1.82) is 0 Å². The molecule has 0 aromatic rings. The van der Waals surface area contributed by atoms with Crippen LogP contribution in [-0.2, 0) is 0 Å². The molecule has 0 aliphatic heterocycles. The summed E-state index contributed by atoms with van der Waals surface area (Å²) in [5, 5.41) is 0. The highest BCUT2D eigenvalue weighted by Crippen LogP contribution is 2.23. The van der Waals surface area contributed by atoms with E-state index in [1.54, 1.807) is 0 Å². The molecule has 0 amide bonds. The van der Waals surface area contributed by atoms with Gasteiger partial charge in [0.15, 0.2) is 0 Å². The molecule has 0 nitrogen and oxygen atoms in total. The van der Waals surface area contributed by atoms with Gasteiger partial charge in [0, 0.05) is 0 Å². The SMILES string of the molecule is CC.FC1CCCCC1F. The summed E-state index contributed by atoms with van der Waals surface area (Å²) in [7, 11) is 0. The summed E-state index contributed by atoms with van der Waals surface area (Å²) < 4.78 is 24.4. The number of alkyl halides is 2. The van der Waals surface area contributed by atoms with E-state index in [0.29, 0.717) is 12.8 Å². The molecule has 1 fully saturated rings. The zero-order valence-corrected chi connectivity index (χ0v) is 6.74. The molecule has 62 valence electrons. The molecule has 0 radical (unpaired) electrons. The quantitative estimate of drug-likeness (QED) is 0.497. The standard InChI is InChI=1S/C6H10F2.C2H6/c7-5-3-1-2-4-6(5)8;1-2/h5-6H,1-4H2;1-2H3. The molecule has 2 unspecified atom stereocenters. The summed E-state index contributed by atoms with van der Waals surface area (Å²) in [6.45, 7) is 4.00. The second kappa shape index (κ2) is 5.63. The Bertz CT molecular complexity index is 63.7. The largest absolute Gasteiger partial charge is 0.244 e. The minimum Gasteiger partial charge on any atom is -0.244 e. The van der Waals surface area contributed by atoms with Crippen molar-refractivity contribution >= 4 is 0 Å². The van der Waals surface area contributed by atoms with Gasteiger partial charge in [0.25, 0.3) is 0 Å². The van der Waals surface area contributed by atoms with Gasteiger partial charge < -0.3 is 0 Å². The average Bonchev–Trinajstić information content (AvgIpc) is 2.00. The Morgan fingerprint density at radius 2 is 1.20 bits per heavy atom. The Balaban J connectivity index is 0.000000371. The molecule has 0 spiro atoms. The highest BCUT2D eigenvalue weighted by Gasteiger charge is 2.23. The molecule has 2 atom stereocenters. The molecular weight excluding hydrogens is 134 g/mol. The Hall–Kier alpha value is -0.140. The van der Waals surface area contributed by atoms with Gasteiger partial charge in [-0.3, -0.25) is 0 Å². The number of hydrogen-bond acceptors (Lipinski definition) is 0. The van der Waals surface area contributed by atoms with Gasteiger partial charge in [-0.15, -0.1) is 0 Å². The zero-order chi connectivity index (χ0) is 7.98. The molecule has 1 saturated carbocycles. The van der Waals surface area contributed by atoms with Crippen molar-refractivity contribution in [2.24, 2.45) is 0 Å². The third kappa shape index (κ3) is 3.14. The van der Waals surface area contributed by atoms with Gasteiger partial charge in [-0.25, -0.2) is 8.78 Å². The molecule has 0 saturated heterocycles. The van der Waals surface area contributed by atoms with Gasteiger partial charge in [-0.2, -0.15) is 0 Å². The van der Waals surface area contributed by atoms with E-state index in [1.807, 2.05) is 13.8 Å². The lowest BCUT2D eigenvalue weighted by atomic mass is 9.97. The van der Waals surface area contributed by atoms with E-state index in [9.17, 15) is 8.78 Å². The highest BCUT2D eigenvalue weighted by atomic mass is 19.2. The summed E-state index contributed by atoms with van der Waals surface area (Å²) in [6.07, 6.45) is 0.262. The lowest BCUT2D eigenvalue weighted by Gasteiger charge is -2.17. The molecule has 0 aromatic carbocycles. The number of halogens is 2. The van der Waals surface area contributed by atoms with Crippen LogP contribution in [0.15, 0.2) is 0 Å². The summed E-state index contributed by atoms with van der Waals surface area (Å²) in [5.74, 6) is 0. The fourth-order valence-electron chi connectivity index (χ4n) is 1.04. The van der Waals surface area contributed by atoms with Crippen LogP contribution >= 0.6 is 0 Å². The third-order valence-electron chi connectivity index (χ3n) is 1.60. The second-order valence-electron chi connectivity index (χ2n) is 2.32. The van der Waals surface area contributed by atoms with Gasteiger partial charge in [0.1, 0.15) is 12.3 Å². The molecule has 1 aliphatic rings. The molecule has 0 aromatic heterocycles. The molecule has 1 rings (SSSR count). The van der Waals surface area contributed by atoms with Crippen LogP contribution in [0.5, 0.6) is 0 Å². The van der Waals surface area contributed by atoms with Crippen molar-refractivity contribution in [2.45, 2.75) is 51.9 Å². The van der Waals surface area contributed by atoms with Crippen LogP contribution in [0.2, 0.25) is 0 Å². The van der Waals surface area contributed by atoms with Crippen LogP contribution in [0.25, 0.3) is 0 Å². The van der Waals surface area contributed by atoms with Crippen molar-refractivity contribution < 1.29 is 8.78 Å². The van der Waals surface area contributed by atoms with Crippen LogP contribution in [-0.4, -0.2) is 12.3 Å². The Morgan fingerprint density at radius 3 is 1.40 bits per heavy atom. The van der Waals surface area contributed by atoms with E-state index in [4.69, 9.17) is 0 Å². The Kier molecular flexibility index (Phi) is 5.55. The third-order valence-corrected chi connectivity index (χ3v) is 1.60. The van der Waals surface area contributed by atoms with Crippen LogP contribution in [0.1, 0.15) is 39.5 Å². The van der Waals surface area contributed by atoms with Crippen molar-refractivity contribution in [1.82, 2.24) is 0 Å². The molecule has 1 aliphatic carbocycles. The molecule has 0 bridgehead atoms. The van der Waals surface area contributed by atoms with Crippen molar-refractivity contribution in [3.63, 3.8) is 0 Å². The first kappa shape index (κ1) is 9.86. The van der Waals surface area contributed by atoms with Crippen LogP contribution in [0.4, 0.5) is 8.78 Å². The summed E-state index contributed by atoms with van der Waals surface area (Å²) >= 11 is 0. The first-order valence-corrected chi connectivity index (χ1v) is 4.09. The first-order valence-electron chi connectivity index (χ1n) is 4.09. The van der Waals surface area contributed by atoms with Crippen LogP contribution in [0.3, 0.4) is 0 Å². The molecule has 0 N–H and O–H groups in total. The monoisotopic (exact) mass is 150 g/mol. The highest BCUT2D eigenvalue weighted by molar-refractivity contribution is 4.73. The van der Waals surface area contributed by atoms with Crippen LogP contribution < -0.4 is 0 Å². The molecule has 0 heterocycles. The minimum atomic E-state index is -1.16. The van der Waals surface area contributed by atoms with E-state index in [1.165, 1.54) is 0 Å². The topological polar surface area (TPSA) is 0 Å². The van der Waals surface area contributed by atoms with Crippen molar-refractivity contribution in [3.05, 3.63) is 0 Å². The maximum Gasteiger partial charge on any atom is 0.131 e. The van der Waals surface area contributed by atoms with E-state index in [2.05, 4.69) is 0 Å². The fourth-order valence-corrected chi connectivity index (χ4v) is 1.04. The zero-order valence-electron chi connectivity index (χ0n) is 6.74. The molecule has 10 heavy (non-hydrogen) atoms. The Morgan fingerprint density at radius 1 is 0.900 bits per heavy atom. The first-order chi connectivity index (χ1) is 4.80. The van der Waals surface area contributed by atoms with Gasteiger partial charge in [0.2, 0.25) is 0 Å². The predicted octanol–water partition coefficient (Wildman–Crippen LogP) is 3.26.